The first-order valence-corrected chi connectivity index (χ1v) is 16.0. The Morgan fingerprint density at radius 3 is 2.32 bits per heavy atom. The molecule has 0 aromatic carbocycles. The molecule has 4 N–H and O–H groups in total. The number of alkyl carbamates (subject to hydrolysis) is 1. The summed E-state index contributed by atoms with van der Waals surface area (Å²) in [6.45, 7) is 12.6. The van der Waals surface area contributed by atoms with Gasteiger partial charge in [0.05, 0.1) is 18.7 Å². The quantitative estimate of drug-likeness (QED) is 0.0698. The number of carboxylic acid groups (broad SMARTS) is 1. The van der Waals surface area contributed by atoms with Gasteiger partial charge in [0.25, 0.3) is 0 Å². The number of nitrogens with one attached hydrogen (secondary N) is 3. The molecule has 1 amide bonds. The molecule has 0 atom stereocenters. The molecule has 0 bridgehead atoms. The van der Waals surface area contributed by atoms with E-state index in [0.29, 0.717) is 17.3 Å². The number of rotatable bonds is 14. The molecule has 2 rings (SSSR count). The fraction of sp³-hybridized carbons (Fsp3) is 0.559. The lowest BCUT2D eigenvalue weighted by molar-refractivity contribution is -0.142. The summed E-state index contributed by atoms with van der Waals surface area (Å²) >= 11 is 6.02. The Balaban J connectivity index is 0.00000141. The van der Waals surface area contributed by atoms with Crippen molar-refractivity contribution in [2.75, 3.05) is 20.7 Å². The zero-order chi connectivity index (χ0) is 33.3. The predicted molar refractivity (Wildman–Crippen MR) is 180 cm³/mol. The van der Waals surface area contributed by atoms with Crippen LogP contribution < -0.4 is 16.2 Å². The van der Waals surface area contributed by atoms with Gasteiger partial charge in [0.1, 0.15) is 17.5 Å². The van der Waals surface area contributed by atoms with Gasteiger partial charge in [-0.2, -0.15) is 0 Å². The van der Waals surface area contributed by atoms with Gasteiger partial charge in [0, 0.05) is 25.4 Å². The SMILES string of the molecule is CC.CC/C=C(C)/C(=C\C=C(C)\C(NNC)=C(\CCC)CNC(=O)OCc1cccnc1Cl)OC.O=C(O)C1CCCCC1. The molecule has 0 unspecified atom stereocenters. The number of aliphatic carboxylic acids is 1. The number of carbonyl (C=O) groups excluding carboxylic acids is 1. The van der Waals surface area contributed by atoms with E-state index in [1.54, 1.807) is 32.5 Å². The summed E-state index contributed by atoms with van der Waals surface area (Å²) in [4.78, 5) is 26.6. The smallest absolute Gasteiger partial charge is 0.407 e. The van der Waals surface area contributed by atoms with Crippen LogP contribution in [-0.4, -0.2) is 42.9 Å². The van der Waals surface area contributed by atoms with Gasteiger partial charge in [-0.15, -0.1) is 0 Å². The van der Waals surface area contributed by atoms with E-state index in [9.17, 15) is 9.59 Å². The molecule has 9 nitrogen and oxygen atoms in total. The first-order valence-electron chi connectivity index (χ1n) is 15.7. The predicted octanol–water partition coefficient (Wildman–Crippen LogP) is 8.25. The van der Waals surface area contributed by atoms with E-state index in [1.165, 1.54) is 6.42 Å². The highest BCUT2D eigenvalue weighted by Crippen LogP contribution is 2.23. The minimum Gasteiger partial charge on any atom is -0.497 e. The van der Waals surface area contributed by atoms with Crippen LogP contribution in [0.15, 0.2) is 64.7 Å². The summed E-state index contributed by atoms with van der Waals surface area (Å²) in [6, 6.07) is 3.52. The molecule has 1 aromatic rings. The molecular weight excluding hydrogens is 580 g/mol. The standard InChI is InChI=1S/C25H37ClN4O3.C7H12O2.C2H6/c1-7-10-18(3)22(32-6)14-13-19(4)23(30-27-5)20(11-8-2)16-29-25(31)33-17-21-12-9-15-28-24(21)26;8-7(9)6-4-2-1-3-5-6;1-2/h9-10,12-15,27,30H,7-8,11,16-17H2,1-6H3,(H,29,31);6H,1-5H2,(H,8,9);1-2H3/b18-10+,19-13+,22-14+,23-20+;;. The molecule has 248 valence electrons. The monoisotopic (exact) mass is 634 g/mol. The van der Waals surface area contributed by atoms with Gasteiger partial charge >= 0.3 is 12.1 Å². The molecule has 1 aliphatic carbocycles. The third-order valence-electron chi connectivity index (χ3n) is 6.75. The number of carboxylic acids is 1. The van der Waals surface area contributed by atoms with Crippen LogP contribution in [0.2, 0.25) is 5.15 Å². The number of hydrazine groups is 1. The molecule has 0 spiro atoms. The molecular formula is C34H55ClN4O5. The zero-order valence-electron chi connectivity index (χ0n) is 28.0. The Kier molecular flexibility index (Phi) is 23.2. The molecule has 10 heteroatoms. The number of hydrogen-bond donors (Lipinski definition) is 4. The van der Waals surface area contributed by atoms with Crippen molar-refractivity contribution in [2.45, 2.75) is 99.5 Å². The number of allylic oxidation sites excluding steroid dienone is 5. The molecule has 1 aliphatic rings. The lowest BCUT2D eigenvalue weighted by atomic mass is 9.90. The van der Waals surface area contributed by atoms with Gasteiger partial charge < -0.3 is 25.3 Å². The van der Waals surface area contributed by atoms with Gasteiger partial charge in [0.15, 0.2) is 0 Å². The average molecular weight is 635 g/mol. The van der Waals surface area contributed by atoms with Gasteiger partial charge in [-0.3, -0.25) is 4.79 Å². The lowest BCUT2D eigenvalue weighted by Crippen LogP contribution is -2.32. The lowest BCUT2D eigenvalue weighted by Gasteiger charge is -2.18. The second-order valence-corrected chi connectivity index (χ2v) is 10.4. The molecule has 1 heterocycles. The van der Waals surface area contributed by atoms with Crippen LogP contribution in [0, 0.1) is 5.92 Å². The fourth-order valence-corrected chi connectivity index (χ4v) is 4.67. The van der Waals surface area contributed by atoms with Gasteiger partial charge in [-0.1, -0.05) is 83.2 Å². The molecule has 44 heavy (non-hydrogen) atoms. The first-order chi connectivity index (χ1) is 21.2. The number of methoxy groups -OCH3 is 1. The molecule has 1 saturated carbocycles. The van der Waals surface area contributed by atoms with Crippen molar-refractivity contribution in [3.63, 3.8) is 0 Å². The van der Waals surface area contributed by atoms with Crippen molar-refractivity contribution in [1.82, 2.24) is 21.2 Å². The van der Waals surface area contributed by atoms with Crippen molar-refractivity contribution in [3.05, 3.63) is 75.4 Å². The van der Waals surface area contributed by atoms with Gasteiger partial charge in [0.2, 0.25) is 0 Å². The van der Waals surface area contributed by atoms with Gasteiger partial charge in [-0.25, -0.2) is 15.2 Å². The minimum atomic E-state index is -0.602. The van der Waals surface area contributed by atoms with E-state index in [0.717, 1.165) is 73.1 Å². The minimum absolute atomic E-state index is 0.0289. The molecule has 0 radical (unpaired) electrons. The summed E-state index contributed by atoms with van der Waals surface area (Å²) in [6.07, 6.45) is 15.1. The Morgan fingerprint density at radius 2 is 1.80 bits per heavy atom. The van der Waals surface area contributed by atoms with Crippen LogP contribution in [0.3, 0.4) is 0 Å². The Morgan fingerprint density at radius 1 is 1.11 bits per heavy atom. The number of hydrogen-bond acceptors (Lipinski definition) is 7. The normalized spacial score (nSPS) is 14.6. The summed E-state index contributed by atoms with van der Waals surface area (Å²) in [7, 11) is 3.47. The van der Waals surface area contributed by atoms with Crippen LogP contribution in [0.25, 0.3) is 0 Å². The van der Waals surface area contributed by atoms with E-state index >= 15 is 0 Å². The highest BCUT2D eigenvalue weighted by atomic mass is 35.5. The fourth-order valence-electron chi connectivity index (χ4n) is 4.50. The van der Waals surface area contributed by atoms with Crippen molar-refractivity contribution >= 4 is 23.7 Å². The number of carbonyl (C=O) groups is 2. The van der Waals surface area contributed by atoms with E-state index in [-0.39, 0.29) is 12.5 Å². The number of amides is 1. The van der Waals surface area contributed by atoms with E-state index < -0.39 is 12.1 Å². The van der Waals surface area contributed by atoms with Gasteiger partial charge in [-0.05, 0) is 68.4 Å². The number of ether oxygens (including phenoxy) is 2. The third-order valence-corrected chi connectivity index (χ3v) is 7.09. The number of nitrogens with zero attached hydrogens (tertiary/aromatic N) is 1. The second-order valence-electron chi connectivity index (χ2n) is 10.0. The number of pyridine rings is 1. The summed E-state index contributed by atoms with van der Waals surface area (Å²) in [5, 5.41) is 11.7. The van der Waals surface area contributed by atoms with Crippen molar-refractivity contribution < 1.29 is 24.2 Å². The largest absolute Gasteiger partial charge is 0.497 e. The maximum atomic E-state index is 12.3. The van der Waals surface area contributed by atoms with E-state index in [1.807, 2.05) is 39.8 Å². The van der Waals surface area contributed by atoms with Crippen LogP contribution in [0.5, 0.6) is 0 Å². The third kappa shape index (κ3) is 16.5. The molecule has 1 fully saturated rings. The second kappa shape index (κ2) is 25.1. The summed E-state index contributed by atoms with van der Waals surface area (Å²) < 4.78 is 10.8. The highest BCUT2D eigenvalue weighted by Gasteiger charge is 2.19. The summed E-state index contributed by atoms with van der Waals surface area (Å²) in [5.74, 6) is 0.182. The Bertz CT molecular complexity index is 1110. The average Bonchev–Trinajstić information content (AvgIpc) is 3.03. The highest BCUT2D eigenvalue weighted by molar-refractivity contribution is 6.30. The van der Waals surface area contributed by atoms with Crippen molar-refractivity contribution in [1.29, 1.82) is 0 Å². The zero-order valence-corrected chi connectivity index (χ0v) is 28.8. The van der Waals surface area contributed by atoms with Crippen LogP contribution in [0.1, 0.15) is 98.5 Å². The maximum absolute atomic E-state index is 12.3. The van der Waals surface area contributed by atoms with E-state index in [2.05, 4.69) is 41.1 Å². The number of aromatic nitrogens is 1. The summed E-state index contributed by atoms with van der Waals surface area (Å²) in [5.41, 5.74) is 10.9. The maximum Gasteiger partial charge on any atom is 0.407 e. The van der Waals surface area contributed by atoms with Crippen LogP contribution >= 0.6 is 11.6 Å². The molecule has 0 saturated heterocycles. The van der Waals surface area contributed by atoms with Crippen molar-refractivity contribution in [2.24, 2.45) is 5.92 Å². The number of halogens is 1. The van der Waals surface area contributed by atoms with Crippen LogP contribution in [-0.2, 0) is 20.9 Å². The first kappa shape index (κ1) is 40.7. The Labute approximate surface area is 270 Å². The molecule has 0 aliphatic heterocycles. The van der Waals surface area contributed by atoms with Crippen LogP contribution in [0.4, 0.5) is 4.79 Å². The topological polar surface area (TPSA) is 122 Å². The van der Waals surface area contributed by atoms with Crippen molar-refractivity contribution in [3.8, 4) is 0 Å². The Hall–Kier alpha value is -3.30. The van der Waals surface area contributed by atoms with E-state index in [4.69, 9.17) is 26.2 Å². The molecule has 1 aromatic heterocycles.